The number of benzene rings is 1. The van der Waals surface area contributed by atoms with Crippen LogP contribution in [0.5, 0.6) is 0 Å². The number of pyridine rings is 1. The van der Waals surface area contributed by atoms with Crippen molar-refractivity contribution in [3.05, 3.63) is 64.0 Å². The van der Waals surface area contributed by atoms with Gasteiger partial charge >= 0.3 is 0 Å². The van der Waals surface area contributed by atoms with Crippen molar-refractivity contribution in [2.75, 3.05) is 0 Å². The van der Waals surface area contributed by atoms with Gasteiger partial charge < -0.3 is 0 Å². The number of ketones is 1. The maximum Gasteiger partial charge on any atom is 0.203 e. The largest absolute Gasteiger partial charge is 0.288 e. The van der Waals surface area contributed by atoms with Gasteiger partial charge in [-0.3, -0.25) is 9.78 Å². The fraction of sp³-hybridized carbons (Fsp3) is 0.0667. The molecule has 2 aromatic heterocycles. The van der Waals surface area contributed by atoms with Gasteiger partial charge in [-0.25, -0.2) is 0 Å². The van der Waals surface area contributed by atoms with Gasteiger partial charge in [0.05, 0.1) is 10.4 Å². The van der Waals surface area contributed by atoms with Gasteiger partial charge in [0, 0.05) is 17.1 Å². The summed E-state index contributed by atoms with van der Waals surface area (Å²) >= 11 is 1.49. The van der Waals surface area contributed by atoms with Crippen LogP contribution >= 0.6 is 11.3 Å². The van der Waals surface area contributed by atoms with Crippen LogP contribution in [0.4, 0.5) is 0 Å². The predicted molar refractivity (Wildman–Crippen MR) is 74.2 cm³/mol. The number of rotatable bonds is 2. The molecule has 0 aliphatic rings. The van der Waals surface area contributed by atoms with Crippen LogP contribution in [0.3, 0.4) is 0 Å². The molecule has 1 aromatic carbocycles. The summed E-state index contributed by atoms with van der Waals surface area (Å²) in [4.78, 5) is 17.4. The molecule has 2 nitrogen and oxygen atoms in total. The highest BCUT2D eigenvalue weighted by Gasteiger charge is 2.13. The van der Waals surface area contributed by atoms with E-state index in [-0.39, 0.29) is 5.78 Å². The van der Waals surface area contributed by atoms with Gasteiger partial charge in [0.25, 0.3) is 0 Å². The van der Waals surface area contributed by atoms with E-state index in [0.717, 1.165) is 26.9 Å². The number of nitrogens with zero attached hydrogens (tertiary/aromatic N) is 1. The number of aryl methyl sites for hydroxylation is 1. The Morgan fingerprint density at radius 3 is 2.89 bits per heavy atom. The van der Waals surface area contributed by atoms with E-state index in [4.69, 9.17) is 0 Å². The molecule has 0 aliphatic heterocycles. The molecule has 0 saturated heterocycles. The van der Waals surface area contributed by atoms with Gasteiger partial charge in [0.1, 0.15) is 0 Å². The zero-order valence-electron chi connectivity index (χ0n) is 9.88. The van der Waals surface area contributed by atoms with Crippen molar-refractivity contribution in [1.29, 1.82) is 0 Å². The Labute approximate surface area is 109 Å². The molecule has 0 radical (unpaired) electrons. The summed E-state index contributed by atoms with van der Waals surface area (Å²) in [5.74, 6) is 0.0910. The van der Waals surface area contributed by atoms with E-state index >= 15 is 0 Å². The summed E-state index contributed by atoms with van der Waals surface area (Å²) in [6, 6.07) is 11.5. The number of thiophene rings is 1. The van der Waals surface area contributed by atoms with E-state index in [9.17, 15) is 4.79 Å². The monoisotopic (exact) mass is 253 g/mol. The fourth-order valence-electron chi connectivity index (χ4n) is 1.95. The van der Waals surface area contributed by atoms with Gasteiger partial charge in [-0.15, -0.1) is 11.3 Å². The Hall–Kier alpha value is -2.00. The molecule has 0 bridgehead atoms. The van der Waals surface area contributed by atoms with Crippen molar-refractivity contribution in [1.82, 2.24) is 4.98 Å². The van der Waals surface area contributed by atoms with E-state index < -0.39 is 0 Å². The van der Waals surface area contributed by atoms with Crippen LogP contribution in [0.2, 0.25) is 0 Å². The van der Waals surface area contributed by atoms with Crippen LogP contribution in [0.25, 0.3) is 10.9 Å². The molecule has 3 aromatic rings. The first-order valence-corrected chi connectivity index (χ1v) is 6.57. The van der Waals surface area contributed by atoms with Crippen LogP contribution in [0.15, 0.2) is 48.0 Å². The summed E-state index contributed by atoms with van der Waals surface area (Å²) < 4.78 is 0. The molecule has 0 unspecified atom stereocenters. The van der Waals surface area contributed by atoms with Crippen LogP contribution in [-0.2, 0) is 0 Å². The quantitative estimate of drug-likeness (QED) is 0.649. The van der Waals surface area contributed by atoms with E-state index in [1.165, 1.54) is 11.3 Å². The summed E-state index contributed by atoms with van der Waals surface area (Å²) in [6.45, 7) is 1.96. The number of hydrogen-bond acceptors (Lipinski definition) is 3. The van der Waals surface area contributed by atoms with Crippen LogP contribution in [-0.4, -0.2) is 10.8 Å². The Morgan fingerprint density at radius 1 is 1.22 bits per heavy atom. The molecule has 3 heteroatoms. The summed E-state index contributed by atoms with van der Waals surface area (Å²) in [6.07, 6.45) is 1.76. The number of hydrogen-bond donors (Lipinski definition) is 0. The topological polar surface area (TPSA) is 30.0 Å². The zero-order valence-corrected chi connectivity index (χ0v) is 10.7. The van der Waals surface area contributed by atoms with Gasteiger partial charge in [-0.1, -0.05) is 6.07 Å². The van der Waals surface area contributed by atoms with Crippen molar-refractivity contribution in [2.24, 2.45) is 0 Å². The molecule has 0 amide bonds. The molecular weight excluding hydrogens is 242 g/mol. The van der Waals surface area contributed by atoms with Crippen LogP contribution in [0.1, 0.15) is 20.8 Å². The zero-order chi connectivity index (χ0) is 12.5. The Balaban J connectivity index is 2.10. The number of fused-ring (bicyclic) bond motifs is 1. The molecule has 0 N–H and O–H groups in total. The summed E-state index contributed by atoms with van der Waals surface area (Å²) in [5, 5.41) is 2.95. The lowest BCUT2D eigenvalue weighted by molar-refractivity contribution is 0.104. The number of carbonyl (C=O) groups is 1. The molecule has 18 heavy (non-hydrogen) atoms. The van der Waals surface area contributed by atoms with Crippen molar-refractivity contribution in [3.8, 4) is 0 Å². The summed E-state index contributed by atoms with van der Waals surface area (Å²) in [7, 11) is 0. The Kier molecular flexibility index (Phi) is 2.68. The maximum absolute atomic E-state index is 12.4. The highest BCUT2D eigenvalue weighted by molar-refractivity contribution is 7.12. The lowest BCUT2D eigenvalue weighted by Gasteiger charge is -2.02. The van der Waals surface area contributed by atoms with Crippen molar-refractivity contribution < 1.29 is 4.79 Å². The molecule has 3 rings (SSSR count). The highest BCUT2D eigenvalue weighted by Crippen LogP contribution is 2.22. The van der Waals surface area contributed by atoms with E-state index in [2.05, 4.69) is 4.98 Å². The third kappa shape index (κ3) is 1.83. The van der Waals surface area contributed by atoms with Crippen molar-refractivity contribution in [2.45, 2.75) is 6.92 Å². The second-order valence-corrected chi connectivity index (χ2v) is 5.09. The first kappa shape index (κ1) is 11.1. The van der Waals surface area contributed by atoms with Gasteiger partial charge in [0.15, 0.2) is 0 Å². The molecule has 0 atom stereocenters. The van der Waals surface area contributed by atoms with Gasteiger partial charge in [-0.05, 0) is 48.2 Å². The molecule has 88 valence electrons. The van der Waals surface area contributed by atoms with Gasteiger partial charge in [0.2, 0.25) is 5.78 Å². The lowest BCUT2D eigenvalue weighted by atomic mass is 10.0. The van der Waals surface area contributed by atoms with E-state index in [1.54, 1.807) is 6.20 Å². The Morgan fingerprint density at radius 2 is 2.11 bits per heavy atom. The van der Waals surface area contributed by atoms with E-state index in [0.29, 0.717) is 0 Å². The first-order valence-electron chi connectivity index (χ1n) is 5.69. The second-order valence-electron chi connectivity index (χ2n) is 4.17. The standard InChI is InChI=1S/C15H11NOS/c1-10-6-8-18-15(10)14(17)12-4-5-13-11(9-12)3-2-7-16-13/h2-9H,1H3. The average molecular weight is 253 g/mol. The van der Waals surface area contributed by atoms with Crippen molar-refractivity contribution in [3.63, 3.8) is 0 Å². The maximum atomic E-state index is 12.4. The number of aromatic nitrogens is 1. The van der Waals surface area contributed by atoms with E-state index in [1.807, 2.05) is 48.7 Å². The molecule has 0 spiro atoms. The van der Waals surface area contributed by atoms with Crippen LogP contribution < -0.4 is 0 Å². The minimum Gasteiger partial charge on any atom is -0.288 e. The van der Waals surface area contributed by atoms with Crippen molar-refractivity contribution >= 4 is 28.0 Å². The average Bonchev–Trinajstić information content (AvgIpc) is 2.83. The second kappa shape index (κ2) is 4.35. The predicted octanol–water partition coefficient (Wildman–Crippen LogP) is 3.84. The molecular formula is C15H11NOS. The minimum atomic E-state index is 0.0910. The lowest BCUT2D eigenvalue weighted by Crippen LogP contribution is -2.00. The minimum absolute atomic E-state index is 0.0910. The van der Waals surface area contributed by atoms with Crippen LogP contribution in [0, 0.1) is 6.92 Å². The fourth-order valence-corrected chi connectivity index (χ4v) is 2.84. The molecule has 0 aliphatic carbocycles. The molecule has 0 fully saturated rings. The molecule has 0 saturated carbocycles. The number of carbonyl (C=O) groups excluding carboxylic acids is 1. The third-order valence-corrected chi connectivity index (χ3v) is 3.95. The molecule has 2 heterocycles. The van der Waals surface area contributed by atoms with Gasteiger partial charge in [-0.2, -0.15) is 0 Å². The third-order valence-electron chi connectivity index (χ3n) is 2.93. The SMILES string of the molecule is Cc1ccsc1C(=O)c1ccc2ncccc2c1. The normalized spacial score (nSPS) is 10.7. The smallest absolute Gasteiger partial charge is 0.203 e. The summed E-state index contributed by atoms with van der Waals surface area (Å²) in [5.41, 5.74) is 2.68. The Bertz CT molecular complexity index is 730. The highest BCUT2D eigenvalue weighted by atomic mass is 32.1. The first-order chi connectivity index (χ1) is 8.75.